The molecule has 0 bridgehead atoms. The van der Waals surface area contributed by atoms with Crippen molar-refractivity contribution in [1.82, 2.24) is 0 Å². The van der Waals surface area contributed by atoms with E-state index < -0.39 is 13.8 Å². The standard InChI is InChI=1S/C9H16O4P/c1-4-12-7-14(11)6-8(3)9(10)13-5-2/h3-7H2,1-2H3/q+1. The normalized spacial score (nSPS) is 10.9. The van der Waals surface area contributed by atoms with Crippen molar-refractivity contribution < 1.29 is 18.8 Å². The average Bonchev–Trinajstić information content (AvgIpc) is 2.15. The summed E-state index contributed by atoms with van der Waals surface area (Å²) in [4.78, 5) is 11.1. The van der Waals surface area contributed by atoms with Gasteiger partial charge in [0, 0.05) is 6.61 Å². The van der Waals surface area contributed by atoms with Crippen LogP contribution in [0.15, 0.2) is 12.2 Å². The Balaban J connectivity index is 3.81. The fraction of sp³-hybridized carbons (Fsp3) is 0.667. The first-order valence-corrected chi connectivity index (χ1v) is 6.09. The van der Waals surface area contributed by atoms with Gasteiger partial charge in [0.25, 0.3) is 0 Å². The number of carbonyl (C=O) groups is 1. The number of ether oxygens (including phenoxy) is 2. The third-order valence-corrected chi connectivity index (χ3v) is 2.58. The summed E-state index contributed by atoms with van der Waals surface area (Å²) in [5.41, 5.74) is 0.243. The third kappa shape index (κ3) is 5.84. The maximum atomic E-state index is 11.3. The minimum atomic E-state index is -1.54. The lowest BCUT2D eigenvalue weighted by atomic mass is 10.4. The molecule has 0 rings (SSSR count). The van der Waals surface area contributed by atoms with Gasteiger partial charge in [-0.25, -0.2) is 4.79 Å². The number of hydrogen-bond acceptors (Lipinski definition) is 4. The van der Waals surface area contributed by atoms with Crippen LogP contribution < -0.4 is 0 Å². The minimum absolute atomic E-state index is 0.147. The molecule has 0 heterocycles. The highest BCUT2D eigenvalue weighted by molar-refractivity contribution is 7.44. The van der Waals surface area contributed by atoms with Crippen molar-refractivity contribution in [3.8, 4) is 0 Å². The molecule has 0 aliphatic heterocycles. The van der Waals surface area contributed by atoms with E-state index in [0.717, 1.165) is 0 Å². The van der Waals surface area contributed by atoms with Crippen molar-refractivity contribution in [3.63, 3.8) is 0 Å². The zero-order valence-corrected chi connectivity index (χ0v) is 9.51. The molecule has 0 aliphatic rings. The number of esters is 1. The van der Waals surface area contributed by atoms with Crippen molar-refractivity contribution in [1.29, 1.82) is 0 Å². The predicted octanol–water partition coefficient (Wildman–Crippen LogP) is 1.93. The van der Waals surface area contributed by atoms with Crippen LogP contribution in [-0.4, -0.2) is 31.7 Å². The Bertz CT molecular complexity index is 225. The fourth-order valence-corrected chi connectivity index (χ4v) is 1.78. The van der Waals surface area contributed by atoms with Gasteiger partial charge in [0.05, 0.1) is 12.2 Å². The highest BCUT2D eigenvalue weighted by Crippen LogP contribution is 2.23. The molecule has 0 N–H and O–H groups in total. The summed E-state index contributed by atoms with van der Waals surface area (Å²) in [6, 6.07) is 0. The Hall–Kier alpha value is -0.730. The summed E-state index contributed by atoms with van der Waals surface area (Å²) in [5.74, 6) is -0.479. The van der Waals surface area contributed by atoms with Gasteiger partial charge in [-0.15, -0.1) is 0 Å². The molecule has 0 aromatic carbocycles. The Morgan fingerprint density at radius 3 is 2.50 bits per heavy atom. The van der Waals surface area contributed by atoms with Crippen LogP contribution in [0.2, 0.25) is 0 Å². The zero-order valence-electron chi connectivity index (χ0n) is 8.62. The van der Waals surface area contributed by atoms with E-state index in [1.165, 1.54) is 0 Å². The highest BCUT2D eigenvalue weighted by Gasteiger charge is 2.21. The lowest BCUT2D eigenvalue weighted by Crippen LogP contribution is -2.08. The van der Waals surface area contributed by atoms with Gasteiger partial charge in [-0.1, -0.05) is 11.1 Å². The summed E-state index contributed by atoms with van der Waals surface area (Å²) in [6.07, 6.45) is 0.318. The molecular formula is C9H16O4P+. The first-order valence-electron chi connectivity index (χ1n) is 4.46. The first kappa shape index (κ1) is 13.3. The third-order valence-electron chi connectivity index (χ3n) is 1.37. The van der Waals surface area contributed by atoms with Crippen molar-refractivity contribution in [2.45, 2.75) is 13.8 Å². The van der Waals surface area contributed by atoms with Crippen LogP contribution in [0.4, 0.5) is 0 Å². The first-order chi connectivity index (χ1) is 6.61. The van der Waals surface area contributed by atoms with E-state index in [1.807, 2.05) is 6.92 Å². The Morgan fingerprint density at radius 1 is 1.36 bits per heavy atom. The van der Waals surface area contributed by atoms with E-state index in [2.05, 4.69) is 6.58 Å². The van der Waals surface area contributed by atoms with Gasteiger partial charge >= 0.3 is 13.8 Å². The molecule has 0 aliphatic carbocycles. The monoisotopic (exact) mass is 219 g/mol. The molecule has 0 spiro atoms. The van der Waals surface area contributed by atoms with Gasteiger partial charge in [-0.3, -0.25) is 0 Å². The van der Waals surface area contributed by atoms with Crippen LogP contribution in [0.1, 0.15) is 13.8 Å². The summed E-state index contributed by atoms with van der Waals surface area (Å²) >= 11 is 0. The topological polar surface area (TPSA) is 52.6 Å². The smallest absolute Gasteiger partial charge is 0.371 e. The van der Waals surface area contributed by atoms with E-state index in [1.54, 1.807) is 6.92 Å². The summed E-state index contributed by atoms with van der Waals surface area (Å²) in [7, 11) is -1.54. The fourth-order valence-electron chi connectivity index (χ4n) is 0.749. The van der Waals surface area contributed by atoms with Gasteiger partial charge in [-0.2, -0.15) is 0 Å². The summed E-state index contributed by atoms with van der Waals surface area (Å²) in [5, 5.41) is 0. The van der Waals surface area contributed by atoms with E-state index in [-0.39, 0.29) is 18.1 Å². The molecule has 1 atom stereocenters. The lowest BCUT2D eigenvalue weighted by Gasteiger charge is -1.99. The highest BCUT2D eigenvalue weighted by atomic mass is 31.1. The summed E-state index contributed by atoms with van der Waals surface area (Å²) in [6.45, 7) is 7.87. The van der Waals surface area contributed by atoms with Gasteiger partial charge < -0.3 is 9.47 Å². The molecule has 14 heavy (non-hydrogen) atoms. The molecule has 4 nitrogen and oxygen atoms in total. The molecular weight excluding hydrogens is 203 g/mol. The quantitative estimate of drug-likeness (QED) is 0.373. The molecule has 80 valence electrons. The van der Waals surface area contributed by atoms with Gasteiger partial charge in [-0.05, 0) is 13.8 Å². The van der Waals surface area contributed by atoms with E-state index in [0.29, 0.717) is 13.2 Å². The van der Waals surface area contributed by atoms with Crippen molar-refractivity contribution in [2.24, 2.45) is 0 Å². The van der Waals surface area contributed by atoms with Crippen molar-refractivity contribution >= 4 is 13.8 Å². The van der Waals surface area contributed by atoms with Crippen LogP contribution >= 0.6 is 7.80 Å². The predicted molar refractivity (Wildman–Crippen MR) is 54.7 cm³/mol. The maximum absolute atomic E-state index is 11.3. The summed E-state index contributed by atoms with van der Waals surface area (Å²) < 4.78 is 20.9. The minimum Gasteiger partial charge on any atom is -0.463 e. The number of rotatable bonds is 7. The van der Waals surface area contributed by atoms with Crippen LogP contribution in [-0.2, 0) is 18.8 Å². The maximum Gasteiger partial charge on any atom is 0.371 e. The Kier molecular flexibility index (Phi) is 7.25. The second kappa shape index (κ2) is 7.65. The molecule has 0 aromatic rings. The van der Waals surface area contributed by atoms with Crippen LogP contribution in [0.25, 0.3) is 0 Å². The van der Waals surface area contributed by atoms with Gasteiger partial charge in [0.1, 0.15) is 0 Å². The Morgan fingerprint density at radius 2 is 2.00 bits per heavy atom. The molecule has 0 fully saturated rings. The van der Waals surface area contributed by atoms with Crippen LogP contribution in [0.3, 0.4) is 0 Å². The average molecular weight is 219 g/mol. The molecule has 1 unspecified atom stereocenters. The van der Waals surface area contributed by atoms with E-state index in [4.69, 9.17) is 9.47 Å². The molecule has 0 aromatic heterocycles. The zero-order chi connectivity index (χ0) is 11.0. The Labute approximate surface area is 85.1 Å². The van der Waals surface area contributed by atoms with Crippen LogP contribution in [0.5, 0.6) is 0 Å². The molecule has 0 amide bonds. The molecule has 0 saturated heterocycles. The SMILES string of the molecule is C=C(C[P+](=O)COCC)C(=O)OCC. The van der Waals surface area contributed by atoms with Crippen molar-refractivity contribution in [2.75, 3.05) is 25.7 Å². The van der Waals surface area contributed by atoms with E-state index >= 15 is 0 Å². The number of carbonyl (C=O) groups excluding carboxylic acids is 1. The van der Waals surface area contributed by atoms with E-state index in [9.17, 15) is 9.36 Å². The second-order valence-electron chi connectivity index (χ2n) is 2.59. The largest absolute Gasteiger partial charge is 0.463 e. The van der Waals surface area contributed by atoms with Gasteiger partial charge in [0.2, 0.25) is 6.35 Å². The molecule has 0 saturated carbocycles. The van der Waals surface area contributed by atoms with Gasteiger partial charge in [0.15, 0.2) is 6.16 Å². The second-order valence-corrected chi connectivity index (χ2v) is 4.12. The number of hydrogen-bond donors (Lipinski definition) is 0. The lowest BCUT2D eigenvalue weighted by molar-refractivity contribution is -0.138. The van der Waals surface area contributed by atoms with Crippen LogP contribution in [0, 0.1) is 0 Å². The molecule has 5 heteroatoms. The molecule has 0 radical (unpaired) electrons. The van der Waals surface area contributed by atoms with Crippen molar-refractivity contribution in [3.05, 3.63) is 12.2 Å².